The summed E-state index contributed by atoms with van der Waals surface area (Å²) >= 11 is 0. The number of carbonyl (C=O) groups excluding carboxylic acids is 1. The van der Waals surface area contributed by atoms with Crippen LogP contribution in [0.1, 0.15) is 17.7 Å². The molecule has 1 saturated heterocycles. The number of nitrogens with one attached hydrogen (secondary N) is 2. The van der Waals surface area contributed by atoms with Gasteiger partial charge in [-0.2, -0.15) is 18.3 Å². The van der Waals surface area contributed by atoms with Crippen molar-refractivity contribution in [1.29, 1.82) is 0 Å². The van der Waals surface area contributed by atoms with Gasteiger partial charge in [-0.1, -0.05) is 12.1 Å². The van der Waals surface area contributed by atoms with Crippen molar-refractivity contribution >= 4 is 5.91 Å². The van der Waals surface area contributed by atoms with E-state index in [0.717, 1.165) is 18.1 Å². The van der Waals surface area contributed by atoms with Gasteiger partial charge >= 0.3 is 6.18 Å². The van der Waals surface area contributed by atoms with Gasteiger partial charge in [0.05, 0.1) is 11.7 Å². The van der Waals surface area contributed by atoms with E-state index in [-0.39, 0.29) is 11.9 Å². The number of rotatable bonds is 4. The first kappa shape index (κ1) is 15.5. The van der Waals surface area contributed by atoms with E-state index in [1.165, 1.54) is 10.9 Å². The minimum atomic E-state index is -4.45. The zero-order valence-electron chi connectivity index (χ0n) is 12.1. The van der Waals surface area contributed by atoms with E-state index < -0.39 is 11.9 Å². The molecule has 1 aromatic heterocycles. The Morgan fingerprint density at radius 1 is 1.26 bits per heavy atom. The molecular formula is C15H15F3N4O. The van der Waals surface area contributed by atoms with Gasteiger partial charge in [0.25, 0.3) is 0 Å². The third-order valence-electron chi connectivity index (χ3n) is 3.68. The maximum atomic E-state index is 12.5. The van der Waals surface area contributed by atoms with Crippen LogP contribution in [-0.4, -0.2) is 28.3 Å². The van der Waals surface area contributed by atoms with Gasteiger partial charge in [0.2, 0.25) is 5.91 Å². The molecule has 1 amide bonds. The predicted molar refractivity (Wildman–Crippen MR) is 76.8 cm³/mol. The van der Waals surface area contributed by atoms with Crippen molar-refractivity contribution in [2.45, 2.75) is 25.2 Å². The first-order valence-corrected chi connectivity index (χ1v) is 7.17. The molecule has 0 aliphatic carbocycles. The van der Waals surface area contributed by atoms with Crippen LogP contribution in [0.5, 0.6) is 0 Å². The molecule has 1 aromatic carbocycles. The molecule has 5 nitrogen and oxygen atoms in total. The fraction of sp³-hybridized carbons (Fsp3) is 0.333. The number of alkyl halides is 3. The summed E-state index contributed by atoms with van der Waals surface area (Å²) in [4.78, 5) is 11.4. The molecular weight excluding hydrogens is 309 g/mol. The van der Waals surface area contributed by atoms with Crippen LogP contribution in [0.4, 0.5) is 13.2 Å². The first-order valence-electron chi connectivity index (χ1n) is 7.17. The smallest absolute Gasteiger partial charge is 0.355 e. The number of halogens is 3. The molecule has 8 heteroatoms. The lowest BCUT2D eigenvalue weighted by atomic mass is 10.2. The van der Waals surface area contributed by atoms with Gasteiger partial charge in [0, 0.05) is 19.3 Å². The number of amides is 1. The number of hydrogen-bond donors (Lipinski definition) is 2. The number of benzene rings is 1. The largest absolute Gasteiger partial charge is 0.435 e. The van der Waals surface area contributed by atoms with Crippen molar-refractivity contribution in [3.8, 4) is 5.69 Å². The van der Waals surface area contributed by atoms with Crippen LogP contribution in [0.25, 0.3) is 5.69 Å². The van der Waals surface area contributed by atoms with Crippen LogP contribution in [0.15, 0.2) is 36.5 Å². The molecule has 2 aromatic rings. The summed E-state index contributed by atoms with van der Waals surface area (Å²) in [5.41, 5.74) is 0.565. The predicted octanol–water partition coefficient (Wildman–Crippen LogP) is 1.87. The minimum absolute atomic E-state index is 0.00200. The Bertz CT molecular complexity index is 693. The summed E-state index contributed by atoms with van der Waals surface area (Å²) in [5, 5.41) is 9.42. The molecule has 122 valence electrons. The van der Waals surface area contributed by atoms with E-state index in [4.69, 9.17) is 0 Å². The molecule has 0 spiro atoms. The van der Waals surface area contributed by atoms with Gasteiger partial charge in [0.15, 0.2) is 5.69 Å². The number of aromatic nitrogens is 2. The summed E-state index contributed by atoms with van der Waals surface area (Å²) < 4.78 is 38.8. The Kier molecular flexibility index (Phi) is 4.08. The molecule has 1 unspecified atom stereocenters. The third kappa shape index (κ3) is 3.53. The third-order valence-corrected chi connectivity index (χ3v) is 3.68. The molecule has 1 aliphatic rings. The summed E-state index contributed by atoms with van der Waals surface area (Å²) in [6.07, 6.45) is -2.42. The topological polar surface area (TPSA) is 59.0 Å². The van der Waals surface area contributed by atoms with Crippen molar-refractivity contribution in [1.82, 2.24) is 20.4 Å². The average molecular weight is 324 g/mol. The zero-order chi connectivity index (χ0) is 16.4. The van der Waals surface area contributed by atoms with E-state index in [1.807, 2.05) is 0 Å². The second kappa shape index (κ2) is 6.04. The van der Waals surface area contributed by atoms with Crippen LogP contribution in [0.3, 0.4) is 0 Å². The normalized spacial score (nSPS) is 18.2. The molecule has 1 atom stereocenters. The van der Waals surface area contributed by atoms with Crippen molar-refractivity contribution in [3.63, 3.8) is 0 Å². The number of hydrogen-bond acceptors (Lipinski definition) is 3. The molecule has 0 saturated carbocycles. The highest BCUT2D eigenvalue weighted by molar-refractivity contribution is 5.83. The van der Waals surface area contributed by atoms with Gasteiger partial charge in [0.1, 0.15) is 0 Å². The lowest BCUT2D eigenvalue weighted by Gasteiger charge is -2.10. The zero-order valence-corrected chi connectivity index (χ0v) is 12.1. The molecule has 2 N–H and O–H groups in total. The standard InChI is InChI=1S/C15H15F3N4O/c16-15(17,18)13-6-8-22(21-13)11-3-1-10(2-4-11)9-20-12-5-7-19-14(12)23/h1-4,6,8,12,20H,5,7,9H2,(H,19,23). The Morgan fingerprint density at radius 2 is 2.00 bits per heavy atom. The van der Waals surface area contributed by atoms with Gasteiger partial charge < -0.3 is 10.6 Å². The summed E-state index contributed by atoms with van der Waals surface area (Å²) in [6, 6.07) is 7.73. The Morgan fingerprint density at radius 3 is 2.57 bits per heavy atom. The van der Waals surface area contributed by atoms with Crippen molar-refractivity contribution in [2.24, 2.45) is 0 Å². The van der Waals surface area contributed by atoms with Gasteiger partial charge in [-0.15, -0.1) is 0 Å². The lowest BCUT2D eigenvalue weighted by Crippen LogP contribution is -2.35. The van der Waals surface area contributed by atoms with Crippen molar-refractivity contribution in [3.05, 3.63) is 47.8 Å². The second-order valence-corrected chi connectivity index (χ2v) is 5.32. The molecule has 0 radical (unpaired) electrons. The van der Waals surface area contributed by atoms with Crippen LogP contribution >= 0.6 is 0 Å². The molecule has 2 heterocycles. The Balaban J connectivity index is 1.65. The van der Waals surface area contributed by atoms with Gasteiger partial charge in [-0.05, 0) is 30.2 Å². The SMILES string of the molecule is O=C1NCCC1NCc1ccc(-n2ccc(C(F)(F)F)n2)cc1. The van der Waals surface area contributed by atoms with E-state index >= 15 is 0 Å². The highest BCUT2D eigenvalue weighted by Crippen LogP contribution is 2.27. The molecule has 1 aliphatic heterocycles. The molecule has 0 bridgehead atoms. The van der Waals surface area contributed by atoms with Crippen LogP contribution < -0.4 is 10.6 Å². The fourth-order valence-electron chi connectivity index (χ4n) is 2.42. The minimum Gasteiger partial charge on any atom is -0.355 e. The summed E-state index contributed by atoms with van der Waals surface area (Å²) in [6.45, 7) is 1.20. The fourth-order valence-corrected chi connectivity index (χ4v) is 2.42. The van der Waals surface area contributed by atoms with E-state index in [0.29, 0.717) is 18.8 Å². The molecule has 23 heavy (non-hydrogen) atoms. The highest BCUT2D eigenvalue weighted by atomic mass is 19.4. The number of carbonyl (C=O) groups is 1. The quantitative estimate of drug-likeness (QED) is 0.903. The van der Waals surface area contributed by atoms with Crippen LogP contribution in [0.2, 0.25) is 0 Å². The maximum Gasteiger partial charge on any atom is 0.435 e. The van der Waals surface area contributed by atoms with Crippen molar-refractivity contribution in [2.75, 3.05) is 6.54 Å². The highest BCUT2D eigenvalue weighted by Gasteiger charge is 2.33. The van der Waals surface area contributed by atoms with Crippen LogP contribution in [0, 0.1) is 0 Å². The van der Waals surface area contributed by atoms with E-state index in [9.17, 15) is 18.0 Å². The van der Waals surface area contributed by atoms with E-state index in [1.54, 1.807) is 24.3 Å². The second-order valence-electron chi connectivity index (χ2n) is 5.32. The monoisotopic (exact) mass is 324 g/mol. The average Bonchev–Trinajstić information content (AvgIpc) is 3.14. The van der Waals surface area contributed by atoms with Crippen LogP contribution in [-0.2, 0) is 17.5 Å². The molecule has 3 rings (SSSR count). The first-order chi connectivity index (χ1) is 10.9. The van der Waals surface area contributed by atoms with Gasteiger partial charge in [-0.3, -0.25) is 4.79 Å². The van der Waals surface area contributed by atoms with E-state index in [2.05, 4.69) is 15.7 Å². The summed E-state index contributed by atoms with van der Waals surface area (Å²) in [5.74, 6) is -0.00200. The lowest BCUT2D eigenvalue weighted by molar-refractivity contribution is -0.141. The number of nitrogens with zero attached hydrogens (tertiary/aromatic N) is 2. The maximum absolute atomic E-state index is 12.5. The molecule has 1 fully saturated rings. The Hall–Kier alpha value is -2.35. The van der Waals surface area contributed by atoms with Crippen molar-refractivity contribution < 1.29 is 18.0 Å². The van der Waals surface area contributed by atoms with Gasteiger partial charge in [-0.25, -0.2) is 4.68 Å². The summed E-state index contributed by atoms with van der Waals surface area (Å²) in [7, 11) is 0. The Labute approximate surface area is 130 Å².